The van der Waals surface area contributed by atoms with Gasteiger partial charge in [0, 0.05) is 12.6 Å². The summed E-state index contributed by atoms with van der Waals surface area (Å²) in [7, 11) is 2.00. The lowest BCUT2D eigenvalue weighted by Gasteiger charge is -2.34. The predicted octanol–water partition coefficient (Wildman–Crippen LogP) is 3.15. The van der Waals surface area contributed by atoms with Gasteiger partial charge in [-0.1, -0.05) is 43.7 Å². The second kappa shape index (κ2) is 6.71. The molecule has 0 fully saturated rings. The Morgan fingerprint density at radius 1 is 1.37 bits per heavy atom. The molecule has 1 N–H and O–H groups in total. The van der Waals surface area contributed by atoms with E-state index in [0.717, 1.165) is 18.4 Å². The summed E-state index contributed by atoms with van der Waals surface area (Å²) >= 11 is 0. The number of hydrogen-bond acceptors (Lipinski definition) is 2. The molecule has 0 saturated carbocycles. The number of likely N-dealkylation sites (N-methyl/N-ethyl adjacent to an activating group) is 1. The first-order chi connectivity index (χ1) is 8.91. The molecule has 1 aromatic carbocycles. The Morgan fingerprint density at radius 3 is 2.42 bits per heavy atom. The molecular weight excluding hydrogens is 238 g/mol. The van der Waals surface area contributed by atoms with E-state index in [-0.39, 0.29) is 0 Å². The number of carbonyl (C=O) groups is 1. The SMILES string of the molecule is CCCC(C)N(C)CC(C)(C(=O)O)c1ccccc1. The van der Waals surface area contributed by atoms with Crippen molar-refractivity contribution >= 4 is 5.97 Å². The van der Waals surface area contributed by atoms with Crippen molar-refractivity contribution in [2.45, 2.75) is 45.1 Å². The normalized spacial score (nSPS) is 16.1. The van der Waals surface area contributed by atoms with E-state index < -0.39 is 11.4 Å². The molecule has 0 amide bonds. The molecule has 2 unspecified atom stereocenters. The molecule has 0 saturated heterocycles. The smallest absolute Gasteiger partial charge is 0.315 e. The van der Waals surface area contributed by atoms with E-state index in [1.54, 1.807) is 6.92 Å². The van der Waals surface area contributed by atoms with Crippen molar-refractivity contribution in [1.29, 1.82) is 0 Å². The van der Waals surface area contributed by atoms with Gasteiger partial charge in [-0.25, -0.2) is 0 Å². The molecule has 0 aromatic heterocycles. The number of hydrogen-bond donors (Lipinski definition) is 1. The van der Waals surface area contributed by atoms with E-state index in [0.29, 0.717) is 12.6 Å². The molecule has 0 aliphatic rings. The van der Waals surface area contributed by atoms with Crippen molar-refractivity contribution in [1.82, 2.24) is 4.90 Å². The van der Waals surface area contributed by atoms with Crippen molar-refractivity contribution in [3.63, 3.8) is 0 Å². The first-order valence-electron chi connectivity index (χ1n) is 6.91. The Morgan fingerprint density at radius 2 is 1.95 bits per heavy atom. The summed E-state index contributed by atoms with van der Waals surface area (Å²) in [5.74, 6) is -0.769. The molecule has 1 rings (SSSR count). The highest BCUT2D eigenvalue weighted by Gasteiger charge is 2.36. The highest BCUT2D eigenvalue weighted by molar-refractivity contribution is 5.81. The minimum absolute atomic E-state index is 0.396. The molecular formula is C16H25NO2. The van der Waals surface area contributed by atoms with Crippen LogP contribution in [0, 0.1) is 0 Å². The standard InChI is InChI=1S/C16H25NO2/c1-5-9-13(2)17(4)12-16(3,15(18)19)14-10-7-6-8-11-14/h6-8,10-11,13H,5,9,12H2,1-4H3,(H,18,19). The van der Waals surface area contributed by atoms with E-state index in [9.17, 15) is 9.90 Å². The van der Waals surface area contributed by atoms with Gasteiger partial charge in [0.1, 0.15) is 5.41 Å². The number of benzene rings is 1. The summed E-state index contributed by atoms with van der Waals surface area (Å²) < 4.78 is 0. The Balaban J connectivity index is 2.93. The van der Waals surface area contributed by atoms with Crippen LogP contribution in [0.15, 0.2) is 30.3 Å². The summed E-state index contributed by atoms with van der Waals surface area (Å²) in [6.07, 6.45) is 2.20. The number of carboxylic acids is 1. The van der Waals surface area contributed by atoms with Gasteiger partial charge in [0.05, 0.1) is 0 Å². The van der Waals surface area contributed by atoms with Crippen LogP contribution < -0.4 is 0 Å². The Labute approximate surface area is 116 Å². The van der Waals surface area contributed by atoms with Crippen LogP contribution in [0.25, 0.3) is 0 Å². The van der Waals surface area contributed by atoms with Crippen molar-refractivity contribution in [2.75, 3.05) is 13.6 Å². The third-order valence-corrected chi connectivity index (χ3v) is 3.91. The third-order valence-electron chi connectivity index (χ3n) is 3.91. The average molecular weight is 263 g/mol. The molecule has 0 bridgehead atoms. The van der Waals surface area contributed by atoms with Crippen LogP contribution in [-0.4, -0.2) is 35.6 Å². The minimum atomic E-state index is -0.863. The molecule has 0 heterocycles. The topological polar surface area (TPSA) is 40.5 Å². The highest BCUT2D eigenvalue weighted by atomic mass is 16.4. The lowest BCUT2D eigenvalue weighted by Crippen LogP contribution is -2.45. The van der Waals surface area contributed by atoms with Crippen LogP contribution in [0.1, 0.15) is 39.2 Å². The number of rotatable bonds is 7. The second-order valence-corrected chi connectivity index (χ2v) is 5.56. The van der Waals surface area contributed by atoms with Crippen LogP contribution in [0.3, 0.4) is 0 Å². The summed E-state index contributed by atoms with van der Waals surface area (Å²) in [6, 6.07) is 9.89. The molecule has 0 aliphatic heterocycles. The monoisotopic (exact) mass is 263 g/mol. The zero-order valence-corrected chi connectivity index (χ0v) is 12.4. The molecule has 0 radical (unpaired) electrons. The fraction of sp³-hybridized carbons (Fsp3) is 0.562. The van der Waals surface area contributed by atoms with E-state index in [1.807, 2.05) is 37.4 Å². The van der Waals surface area contributed by atoms with Crippen LogP contribution in [-0.2, 0) is 10.2 Å². The molecule has 3 heteroatoms. The van der Waals surface area contributed by atoms with Crippen LogP contribution >= 0.6 is 0 Å². The molecule has 0 aliphatic carbocycles. The summed E-state index contributed by atoms with van der Waals surface area (Å²) in [5.41, 5.74) is -0.00378. The zero-order valence-electron chi connectivity index (χ0n) is 12.4. The van der Waals surface area contributed by atoms with Gasteiger partial charge < -0.3 is 10.0 Å². The van der Waals surface area contributed by atoms with Crippen molar-refractivity contribution < 1.29 is 9.90 Å². The second-order valence-electron chi connectivity index (χ2n) is 5.56. The van der Waals surface area contributed by atoms with Crippen LogP contribution in [0.4, 0.5) is 0 Å². The Kier molecular flexibility index (Phi) is 5.55. The van der Waals surface area contributed by atoms with Gasteiger partial charge in [0.2, 0.25) is 0 Å². The molecule has 3 nitrogen and oxygen atoms in total. The van der Waals surface area contributed by atoms with Crippen molar-refractivity contribution in [3.05, 3.63) is 35.9 Å². The van der Waals surface area contributed by atoms with E-state index in [2.05, 4.69) is 18.7 Å². The van der Waals surface area contributed by atoms with Gasteiger partial charge in [0.25, 0.3) is 0 Å². The Bertz CT molecular complexity index is 404. The van der Waals surface area contributed by atoms with Crippen molar-refractivity contribution in [2.24, 2.45) is 0 Å². The summed E-state index contributed by atoms with van der Waals surface area (Å²) in [6.45, 7) is 6.63. The zero-order chi connectivity index (χ0) is 14.5. The fourth-order valence-electron chi connectivity index (χ4n) is 2.38. The Hall–Kier alpha value is -1.35. The van der Waals surface area contributed by atoms with E-state index in [1.165, 1.54) is 0 Å². The largest absolute Gasteiger partial charge is 0.481 e. The first kappa shape index (κ1) is 15.7. The van der Waals surface area contributed by atoms with E-state index >= 15 is 0 Å². The summed E-state index contributed by atoms with van der Waals surface area (Å²) in [5, 5.41) is 9.62. The maximum atomic E-state index is 11.7. The number of nitrogens with zero attached hydrogens (tertiary/aromatic N) is 1. The number of aliphatic carboxylic acids is 1. The third kappa shape index (κ3) is 3.80. The van der Waals surface area contributed by atoms with Gasteiger partial charge in [-0.2, -0.15) is 0 Å². The quantitative estimate of drug-likeness (QED) is 0.821. The van der Waals surface area contributed by atoms with Crippen molar-refractivity contribution in [3.8, 4) is 0 Å². The van der Waals surface area contributed by atoms with Crippen LogP contribution in [0.2, 0.25) is 0 Å². The first-order valence-corrected chi connectivity index (χ1v) is 6.91. The maximum Gasteiger partial charge on any atom is 0.315 e. The molecule has 106 valence electrons. The maximum absolute atomic E-state index is 11.7. The lowest BCUT2D eigenvalue weighted by molar-refractivity contribution is -0.144. The van der Waals surface area contributed by atoms with Gasteiger partial charge in [-0.05, 0) is 32.9 Å². The molecule has 1 aromatic rings. The minimum Gasteiger partial charge on any atom is -0.481 e. The molecule has 19 heavy (non-hydrogen) atoms. The predicted molar refractivity (Wildman–Crippen MR) is 78.4 cm³/mol. The van der Waals surface area contributed by atoms with Gasteiger partial charge in [-0.3, -0.25) is 4.79 Å². The molecule has 2 atom stereocenters. The van der Waals surface area contributed by atoms with Gasteiger partial charge in [-0.15, -0.1) is 0 Å². The lowest BCUT2D eigenvalue weighted by atomic mass is 9.81. The van der Waals surface area contributed by atoms with Gasteiger partial charge >= 0.3 is 5.97 Å². The fourth-order valence-corrected chi connectivity index (χ4v) is 2.38. The van der Waals surface area contributed by atoms with Gasteiger partial charge in [0.15, 0.2) is 0 Å². The average Bonchev–Trinajstić information content (AvgIpc) is 2.39. The van der Waals surface area contributed by atoms with Crippen LogP contribution in [0.5, 0.6) is 0 Å². The molecule has 0 spiro atoms. The van der Waals surface area contributed by atoms with E-state index in [4.69, 9.17) is 0 Å². The number of carboxylic acid groups (broad SMARTS) is 1. The highest BCUT2D eigenvalue weighted by Crippen LogP contribution is 2.26. The summed E-state index contributed by atoms with van der Waals surface area (Å²) in [4.78, 5) is 13.9.